The highest BCUT2D eigenvalue weighted by Crippen LogP contribution is 2.06. The van der Waals surface area contributed by atoms with E-state index in [1.54, 1.807) is 0 Å². The van der Waals surface area contributed by atoms with Crippen molar-refractivity contribution in [2.45, 2.75) is 18.6 Å². The molecule has 72 valence electrons. The van der Waals surface area contributed by atoms with Crippen molar-refractivity contribution in [3.63, 3.8) is 0 Å². The van der Waals surface area contributed by atoms with E-state index in [0.717, 1.165) is 6.92 Å². The standard InChI is InChI=1S/C5H9NO5.ClH/c1-5(11,4(9)10)2(6)3(7)8;/h2,11H,6H2,1H3,(H,7,8)(H,9,10);1H/t2-,5+;/m1./s1. The predicted molar refractivity (Wildman–Crippen MR) is 32.6 cm³/mol. The molecule has 0 saturated heterocycles. The average Bonchev–Trinajstić information content (AvgIpc) is 1.85. The molecule has 6 nitrogen and oxygen atoms in total. The molecular weight excluding hydrogens is 190 g/mol. The van der Waals surface area contributed by atoms with Crippen LogP contribution in [0.25, 0.3) is 0 Å². The summed E-state index contributed by atoms with van der Waals surface area (Å²) in [6.07, 6.45) is 0. The molecule has 0 amide bonds. The zero-order valence-corrected chi connectivity index (χ0v) is 7.08. The third-order valence-corrected chi connectivity index (χ3v) is 1.41. The third kappa shape index (κ3) is 2.65. The van der Waals surface area contributed by atoms with Gasteiger partial charge in [0.25, 0.3) is 0 Å². The number of halogens is 1. The maximum Gasteiger partial charge on any atom is 0.366 e. The topological polar surface area (TPSA) is 122 Å². The number of carboxylic acid groups (broad SMARTS) is 2. The van der Waals surface area contributed by atoms with Gasteiger partial charge in [0.1, 0.15) is 0 Å². The van der Waals surface area contributed by atoms with Crippen LogP contribution in [0.4, 0.5) is 0 Å². The Morgan fingerprint density at radius 2 is 1.75 bits per heavy atom. The van der Waals surface area contributed by atoms with Crippen molar-refractivity contribution in [2.75, 3.05) is 0 Å². The first kappa shape index (κ1) is 13.7. The Morgan fingerprint density at radius 3 is 1.83 bits per heavy atom. The molecule has 0 bridgehead atoms. The van der Waals surface area contributed by atoms with Crippen LogP contribution < -0.4 is 18.1 Å². The van der Waals surface area contributed by atoms with Gasteiger partial charge in [-0.05, 0) is 6.92 Å². The SMILES string of the molecule is C[C@@](O)(C(=O)O)[C@H]([NH3+])C(=O)O.[Cl-]. The number of quaternary nitrogens is 1. The van der Waals surface area contributed by atoms with Crippen LogP contribution in [0.2, 0.25) is 0 Å². The molecule has 0 saturated carbocycles. The van der Waals surface area contributed by atoms with Crippen molar-refractivity contribution in [1.29, 1.82) is 0 Å². The first-order valence-electron chi connectivity index (χ1n) is 2.81. The van der Waals surface area contributed by atoms with Crippen molar-refractivity contribution in [1.82, 2.24) is 0 Å². The number of hydrogen-bond acceptors (Lipinski definition) is 3. The second-order valence-electron chi connectivity index (χ2n) is 2.34. The van der Waals surface area contributed by atoms with E-state index in [1.165, 1.54) is 0 Å². The minimum Gasteiger partial charge on any atom is -1.00 e. The molecule has 6 N–H and O–H groups in total. The second-order valence-corrected chi connectivity index (χ2v) is 2.34. The summed E-state index contributed by atoms with van der Waals surface area (Å²) in [7, 11) is 0. The fourth-order valence-corrected chi connectivity index (χ4v) is 0.389. The summed E-state index contributed by atoms with van der Waals surface area (Å²) in [5, 5.41) is 25.6. The number of rotatable bonds is 3. The van der Waals surface area contributed by atoms with Gasteiger partial charge in [-0.1, -0.05) is 0 Å². The zero-order valence-electron chi connectivity index (χ0n) is 6.32. The van der Waals surface area contributed by atoms with Crippen LogP contribution in [0, 0.1) is 0 Å². The molecule has 0 aliphatic carbocycles. The van der Waals surface area contributed by atoms with E-state index in [0.29, 0.717) is 0 Å². The Morgan fingerprint density at radius 1 is 1.42 bits per heavy atom. The molecule has 0 radical (unpaired) electrons. The van der Waals surface area contributed by atoms with E-state index in [1.807, 2.05) is 0 Å². The molecule has 0 fully saturated rings. The monoisotopic (exact) mass is 199 g/mol. The molecule has 0 rings (SSSR count). The maximum atomic E-state index is 10.2. The average molecular weight is 200 g/mol. The summed E-state index contributed by atoms with van der Waals surface area (Å²) in [6, 6.07) is -1.57. The number of aliphatic carboxylic acids is 2. The number of carboxylic acids is 2. The fourth-order valence-electron chi connectivity index (χ4n) is 0.389. The molecule has 0 unspecified atom stereocenters. The molecule has 0 aromatic heterocycles. The van der Waals surface area contributed by atoms with E-state index in [4.69, 9.17) is 15.3 Å². The van der Waals surface area contributed by atoms with E-state index in [2.05, 4.69) is 5.73 Å². The van der Waals surface area contributed by atoms with Crippen molar-refractivity contribution >= 4 is 11.9 Å². The van der Waals surface area contributed by atoms with Gasteiger partial charge in [-0.25, -0.2) is 9.59 Å². The molecule has 0 aliphatic rings. The number of aliphatic hydroxyl groups is 1. The summed E-state index contributed by atoms with van der Waals surface area (Å²) >= 11 is 0. The smallest absolute Gasteiger partial charge is 0.366 e. The molecule has 0 spiro atoms. The normalized spacial score (nSPS) is 16.9. The van der Waals surface area contributed by atoms with Crippen molar-refractivity contribution in [3.05, 3.63) is 0 Å². The van der Waals surface area contributed by atoms with Crippen molar-refractivity contribution in [3.8, 4) is 0 Å². The molecule has 0 aliphatic heterocycles. The predicted octanol–water partition coefficient (Wildman–Crippen LogP) is -5.48. The van der Waals surface area contributed by atoms with E-state index in [-0.39, 0.29) is 12.4 Å². The van der Waals surface area contributed by atoms with Crippen LogP contribution >= 0.6 is 0 Å². The molecule has 2 atom stereocenters. The Hall–Kier alpha value is -0.850. The van der Waals surface area contributed by atoms with Gasteiger partial charge < -0.3 is 33.5 Å². The molecule has 0 aromatic rings. The Bertz CT molecular complexity index is 192. The van der Waals surface area contributed by atoms with Gasteiger partial charge >= 0.3 is 11.9 Å². The highest BCUT2D eigenvalue weighted by Gasteiger charge is 2.45. The Labute approximate surface area is 74.4 Å². The zero-order chi connectivity index (χ0) is 9.23. The summed E-state index contributed by atoms with van der Waals surface area (Å²) in [4.78, 5) is 20.4. The van der Waals surface area contributed by atoms with Gasteiger partial charge in [0.15, 0.2) is 0 Å². The lowest BCUT2D eigenvalue weighted by Gasteiger charge is -2.18. The maximum absolute atomic E-state index is 10.2. The Kier molecular flexibility index (Phi) is 4.85. The van der Waals surface area contributed by atoms with Crippen LogP contribution in [-0.4, -0.2) is 38.9 Å². The second kappa shape index (κ2) is 4.24. The number of carbonyl (C=O) groups is 2. The lowest BCUT2D eigenvalue weighted by Crippen LogP contribution is -3.00. The lowest BCUT2D eigenvalue weighted by molar-refractivity contribution is -0.434. The minimum absolute atomic E-state index is 0. The first-order chi connectivity index (χ1) is 4.80. The highest BCUT2D eigenvalue weighted by atomic mass is 35.5. The molecule has 7 heteroatoms. The van der Waals surface area contributed by atoms with E-state index >= 15 is 0 Å². The molecular formula is C5H10ClNO5. The quantitative estimate of drug-likeness (QED) is 0.361. The van der Waals surface area contributed by atoms with E-state index in [9.17, 15) is 9.59 Å². The highest BCUT2D eigenvalue weighted by molar-refractivity contribution is 5.86. The molecule has 0 aromatic carbocycles. The van der Waals surface area contributed by atoms with Gasteiger partial charge in [-0.3, -0.25) is 0 Å². The number of hydrogen-bond donors (Lipinski definition) is 4. The largest absolute Gasteiger partial charge is 1.00 e. The lowest BCUT2D eigenvalue weighted by atomic mass is 9.98. The van der Waals surface area contributed by atoms with Crippen LogP contribution in [0.5, 0.6) is 0 Å². The minimum atomic E-state index is -2.31. The van der Waals surface area contributed by atoms with Crippen LogP contribution in [0.1, 0.15) is 6.92 Å². The molecule has 12 heavy (non-hydrogen) atoms. The van der Waals surface area contributed by atoms with Crippen LogP contribution in [0.15, 0.2) is 0 Å². The third-order valence-electron chi connectivity index (χ3n) is 1.41. The fraction of sp³-hybridized carbons (Fsp3) is 0.600. The van der Waals surface area contributed by atoms with Crippen molar-refractivity contribution in [2.24, 2.45) is 0 Å². The molecule has 0 heterocycles. The summed E-state index contributed by atoms with van der Waals surface area (Å²) in [5.74, 6) is -3.04. The van der Waals surface area contributed by atoms with Crippen LogP contribution in [-0.2, 0) is 9.59 Å². The van der Waals surface area contributed by atoms with Crippen molar-refractivity contribution < 1.29 is 43.0 Å². The van der Waals surface area contributed by atoms with Gasteiger partial charge in [-0.2, -0.15) is 0 Å². The van der Waals surface area contributed by atoms with Gasteiger partial charge in [-0.15, -0.1) is 0 Å². The summed E-state index contributed by atoms with van der Waals surface area (Å²) in [6.45, 7) is 0.890. The van der Waals surface area contributed by atoms with Gasteiger partial charge in [0.2, 0.25) is 11.6 Å². The summed E-state index contributed by atoms with van der Waals surface area (Å²) < 4.78 is 0. The van der Waals surface area contributed by atoms with E-state index < -0.39 is 23.6 Å². The van der Waals surface area contributed by atoms with Gasteiger partial charge in [0.05, 0.1) is 0 Å². The summed E-state index contributed by atoms with van der Waals surface area (Å²) in [5.41, 5.74) is 0.686. The van der Waals surface area contributed by atoms with Gasteiger partial charge in [0, 0.05) is 0 Å². The Balaban J connectivity index is 0. The first-order valence-corrected chi connectivity index (χ1v) is 2.81. The van der Waals surface area contributed by atoms with Crippen LogP contribution in [0.3, 0.4) is 0 Å².